The number of nitrogens with one attached hydrogen (secondary N) is 1. The summed E-state index contributed by atoms with van der Waals surface area (Å²) in [5, 5.41) is 5.76. The second-order valence-corrected chi connectivity index (χ2v) is 9.08. The standard InChI is InChI=1S/C19H18N4O2S3/c24-15(22-18-20-8-11-27-18)12-28-19-21-14-7-10-26-16(14)17(25)23(19)9-6-13-4-2-1-3-5-13/h1-5,8,11H,6-7,9-10,12H2,(H,20,22,24). The number of fused-ring (bicyclic) bond motifs is 1. The zero-order chi connectivity index (χ0) is 19.3. The molecule has 2 aromatic heterocycles. The highest BCUT2D eigenvalue weighted by Gasteiger charge is 2.22. The minimum Gasteiger partial charge on any atom is -0.301 e. The molecule has 0 atom stereocenters. The maximum atomic E-state index is 13.0. The molecular weight excluding hydrogens is 412 g/mol. The van der Waals surface area contributed by atoms with E-state index in [2.05, 4.69) is 22.4 Å². The summed E-state index contributed by atoms with van der Waals surface area (Å²) in [6.45, 7) is 0.542. The molecule has 0 saturated carbocycles. The van der Waals surface area contributed by atoms with Crippen LogP contribution in [0.25, 0.3) is 0 Å². The van der Waals surface area contributed by atoms with Crippen LogP contribution in [0.1, 0.15) is 11.3 Å². The highest BCUT2D eigenvalue weighted by atomic mass is 32.2. The predicted molar refractivity (Wildman–Crippen MR) is 115 cm³/mol. The quantitative estimate of drug-likeness (QED) is 0.458. The van der Waals surface area contributed by atoms with Crippen LogP contribution in [0.3, 0.4) is 0 Å². The topological polar surface area (TPSA) is 76.9 Å². The summed E-state index contributed by atoms with van der Waals surface area (Å²) in [6, 6.07) is 10.1. The molecule has 4 rings (SSSR count). The maximum Gasteiger partial charge on any atom is 0.268 e. The van der Waals surface area contributed by atoms with Crippen LogP contribution < -0.4 is 10.9 Å². The molecule has 6 nitrogen and oxygen atoms in total. The van der Waals surface area contributed by atoms with Gasteiger partial charge in [0, 0.05) is 30.3 Å². The smallest absolute Gasteiger partial charge is 0.268 e. The third-order valence-electron chi connectivity index (χ3n) is 4.23. The second kappa shape index (κ2) is 8.93. The number of nitrogens with zero attached hydrogens (tertiary/aromatic N) is 3. The molecule has 0 fully saturated rings. The van der Waals surface area contributed by atoms with Crippen LogP contribution in [0.5, 0.6) is 0 Å². The zero-order valence-electron chi connectivity index (χ0n) is 15.0. The van der Waals surface area contributed by atoms with Crippen LogP contribution in [0, 0.1) is 0 Å². The van der Waals surface area contributed by atoms with Crippen molar-refractivity contribution >= 4 is 45.9 Å². The van der Waals surface area contributed by atoms with Gasteiger partial charge in [0.25, 0.3) is 5.56 Å². The first-order valence-corrected chi connectivity index (χ1v) is 11.7. The highest BCUT2D eigenvalue weighted by Crippen LogP contribution is 2.29. The third kappa shape index (κ3) is 4.48. The summed E-state index contributed by atoms with van der Waals surface area (Å²) in [6.07, 6.45) is 3.19. The number of aryl methyl sites for hydroxylation is 2. The minimum absolute atomic E-state index is 0.00580. The predicted octanol–water partition coefficient (Wildman–Crippen LogP) is 3.32. The minimum atomic E-state index is -0.154. The van der Waals surface area contributed by atoms with E-state index in [1.807, 2.05) is 23.6 Å². The zero-order valence-corrected chi connectivity index (χ0v) is 17.4. The van der Waals surface area contributed by atoms with Gasteiger partial charge in [0.2, 0.25) is 5.91 Å². The molecular formula is C19H18N4O2S3. The Labute approximate surface area is 174 Å². The molecule has 144 valence electrons. The molecule has 0 saturated heterocycles. The van der Waals surface area contributed by atoms with Crippen molar-refractivity contribution in [3.05, 3.63) is 63.5 Å². The Hall–Kier alpha value is -2.10. The number of thioether (sulfide) groups is 2. The van der Waals surface area contributed by atoms with Gasteiger partial charge >= 0.3 is 0 Å². The number of hydrogen-bond acceptors (Lipinski definition) is 7. The molecule has 0 spiro atoms. The van der Waals surface area contributed by atoms with Crippen molar-refractivity contribution in [2.75, 3.05) is 16.8 Å². The Morgan fingerprint density at radius 1 is 1.29 bits per heavy atom. The fourth-order valence-corrected chi connectivity index (χ4v) is 5.32. The number of hydrogen-bond donors (Lipinski definition) is 1. The molecule has 1 aliphatic rings. The van der Waals surface area contributed by atoms with E-state index in [1.54, 1.807) is 22.5 Å². The van der Waals surface area contributed by atoms with Crippen molar-refractivity contribution in [1.82, 2.24) is 14.5 Å². The number of anilines is 1. The SMILES string of the molecule is O=C(CSc1nc2c(c(=O)n1CCc1ccccc1)SCC2)Nc1nccs1. The summed E-state index contributed by atoms with van der Waals surface area (Å²) >= 11 is 4.25. The van der Waals surface area contributed by atoms with Gasteiger partial charge in [0.15, 0.2) is 10.3 Å². The molecule has 28 heavy (non-hydrogen) atoms. The Balaban J connectivity index is 1.52. The second-order valence-electron chi connectivity index (χ2n) is 6.14. The number of rotatable bonds is 7. The molecule has 0 bridgehead atoms. The van der Waals surface area contributed by atoms with Gasteiger partial charge in [0.05, 0.1) is 16.3 Å². The van der Waals surface area contributed by atoms with Crippen LogP contribution in [0.2, 0.25) is 0 Å². The van der Waals surface area contributed by atoms with Crippen LogP contribution in [0.4, 0.5) is 5.13 Å². The van der Waals surface area contributed by atoms with Crippen molar-refractivity contribution in [1.29, 1.82) is 0 Å². The Morgan fingerprint density at radius 2 is 2.14 bits per heavy atom. The lowest BCUT2D eigenvalue weighted by molar-refractivity contribution is -0.113. The molecule has 3 heterocycles. The molecule has 0 aliphatic carbocycles. The van der Waals surface area contributed by atoms with E-state index in [-0.39, 0.29) is 17.2 Å². The Bertz CT molecular complexity index is 1020. The largest absolute Gasteiger partial charge is 0.301 e. The van der Waals surface area contributed by atoms with Gasteiger partial charge in [-0.25, -0.2) is 9.97 Å². The summed E-state index contributed by atoms with van der Waals surface area (Å²) in [7, 11) is 0. The summed E-state index contributed by atoms with van der Waals surface area (Å²) in [5.74, 6) is 0.914. The molecule has 3 aromatic rings. The van der Waals surface area contributed by atoms with Gasteiger partial charge in [-0.1, -0.05) is 42.1 Å². The number of benzene rings is 1. The fraction of sp³-hybridized carbons (Fsp3) is 0.263. The van der Waals surface area contributed by atoms with Crippen molar-refractivity contribution in [3.8, 4) is 0 Å². The first kappa shape index (κ1) is 19.2. The number of carbonyl (C=O) groups excluding carboxylic acids is 1. The van der Waals surface area contributed by atoms with E-state index in [9.17, 15) is 9.59 Å². The lowest BCUT2D eigenvalue weighted by Crippen LogP contribution is -2.27. The number of aromatic nitrogens is 3. The van der Waals surface area contributed by atoms with E-state index >= 15 is 0 Å². The highest BCUT2D eigenvalue weighted by molar-refractivity contribution is 8.00. The van der Waals surface area contributed by atoms with Gasteiger partial charge < -0.3 is 5.32 Å². The van der Waals surface area contributed by atoms with E-state index in [0.29, 0.717) is 16.8 Å². The maximum absolute atomic E-state index is 13.0. The van der Waals surface area contributed by atoms with Crippen molar-refractivity contribution in [3.63, 3.8) is 0 Å². The lowest BCUT2D eigenvalue weighted by Gasteiger charge is -2.13. The Morgan fingerprint density at radius 3 is 2.93 bits per heavy atom. The van der Waals surface area contributed by atoms with E-state index in [4.69, 9.17) is 4.98 Å². The summed E-state index contributed by atoms with van der Waals surface area (Å²) in [4.78, 5) is 34.7. The van der Waals surface area contributed by atoms with Gasteiger partial charge in [-0.2, -0.15) is 0 Å². The van der Waals surface area contributed by atoms with Crippen LogP contribution in [0.15, 0.2) is 56.8 Å². The van der Waals surface area contributed by atoms with Gasteiger partial charge in [-0.15, -0.1) is 23.1 Å². The average Bonchev–Trinajstić information content (AvgIpc) is 3.38. The average molecular weight is 431 g/mol. The molecule has 0 radical (unpaired) electrons. The van der Waals surface area contributed by atoms with E-state index in [0.717, 1.165) is 29.2 Å². The van der Waals surface area contributed by atoms with Crippen LogP contribution in [-0.2, 0) is 24.2 Å². The summed E-state index contributed by atoms with van der Waals surface area (Å²) < 4.78 is 1.71. The molecule has 1 aromatic carbocycles. The van der Waals surface area contributed by atoms with E-state index in [1.165, 1.54) is 28.7 Å². The molecule has 0 unspecified atom stereocenters. The third-order valence-corrected chi connectivity index (χ3v) is 7.00. The normalized spacial score (nSPS) is 12.7. The monoisotopic (exact) mass is 430 g/mol. The van der Waals surface area contributed by atoms with Crippen molar-refractivity contribution in [2.45, 2.75) is 29.4 Å². The van der Waals surface area contributed by atoms with Crippen molar-refractivity contribution in [2.24, 2.45) is 0 Å². The Kier molecular flexibility index (Phi) is 6.13. The molecule has 1 aliphatic heterocycles. The molecule has 1 amide bonds. The summed E-state index contributed by atoms with van der Waals surface area (Å²) in [5.41, 5.74) is 2.03. The molecule has 9 heteroatoms. The van der Waals surface area contributed by atoms with Crippen LogP contribution in [-0.4, -0.2) is 31.9 Å². The van der Waals surface area contributed by atoms with Crippen LogP contribution >= 0.6 is 34.9 Å². The van der Waals surface area contributed by atoms with Gasteiger partial charge in [-0.05, 0) is 12.0 Å². The molecule has 1 N–H and O–H groups in total. The van der Waals surface area contributed by atoms with Crippen molar-refractivity contribution < 1.29 is 4.79 Å². The first-order chi connectivity index (χ1) is 13.7. The first-order valence-electron chi connectivity index (χ1n) is 8.83. The fourth-order valence-electron chi connectivity index (χ4n) is 2.89. The van der Waals surface area contributed by atoms with Gasteiger partial charge in [0.1, 0.15) is 0 Å². The lowest BCUT2D eigenvalue weighted by atomic mass is 10.1. The number of thiazole rings is 1. The van der Waals surface area contributed by atoms with E-state index < -0.39 is 0 Å². The number of carbonyl (C=O) groups is 1. The number of amides is 1. The van der Waals surface area contributed by atoms with Gasteiger partial charge in [-0.3, -0.25) is 14.2 Å².